The van der Waals surface area contributed by atoms with Crippen molar-refractivity contribution in [1.82, 2.24) is 15.0 Å². The molecule has 11 rings (SSSR count). The molecule has 0 bridgehead atoms. The smallest absolute Gasteiger partial charge is 0.160 e. The molecule has 81 heavy (non-hydrogen) atoms. The van der Waals surface area contributed by atoms with Crippen LogP contribution in [0.1, 0.15) is 164 Å². The van der Waals surface area contributed by atoms with Crippen LogP contribution in [0.15, 0.2) is 110 Å². The number of pyridine rings is 3. The van der Waals surface area contributed by atoms with Gasteiger partial charge in [0.05, 0.1) is 58.0 Å². The molecule has 446 valence electrons. The summed E-state index contributed by atoms with van der Waals surface area (Å²) < 4.78 is 31.0. The zero-order chi connectivity index (χ0) is 57.6. The topological polar surface area (TPSA) is 166 Å². The van der Waals surface area contributed by atoms with E-state index in [0.717, 1.165) is 114 Å². The summed E-state index contributed by atoms with van der Waals surface area (Å²) in [6.45, 7) is 29.9. The maximum Gasteiger partial charge on any atom is 0.160 e. The molecule has 12 nitrogen and oxygen atoms in total. The average Bonchev–Trinajstić information content (AvgIpc) is 4.14. The van der Waals surface area contributed by atoms with Crippen molar-refractivity contribution in [2.75, 3.05) is 39.6 Å². The van der Waals surface area contributed by atoms with Crippen molar-refractivity contribution in [2.45, 2.75) is 188 Å². The van der Waals surface area contributed by atoms with E-state index in [1.807, 2.05) is 36.4 Å². The summed E-state index contributed by atoms with van der Waals surface area (Å²) in [4.78, 5) is 12.1. The molecular weight excluding hydrogens is 1010 g/mol. The molecule has 8 fully saturated rings. The molecule has 1 saturated heterocycles. The Hall–Kier alpha value is -4.17. The molecule has 16 atom stereocenters. The molecule has 4 heterocycles. The third-order valence-electron chi connectivity index (χ3n) is 23.3. The minimum absolute atomic E-state index is 0.0352. The predicted molar refractivity (Wildman–Crippen MR) is 318 cm³/mol. The molecule has 4 N–H and O–H groups in total. The summed E-state index contributed by atoms with van der Waals surface area (Å²) in [6, 6.07) is 11.4. The Kier molecular flexibility index (Phi) is 19.7. The number of ether oxygens (including phenoxy) is 5. The lowest BCUT2D eigenvalue weighted by molar-refractivity contribution is -0.316. The molecule has 1 aliphatic heterocycles. The van der Waals surface area contributed by atoms with E-state index in [0.29, 0.717) is 60.7 Å². The fourth-order valence-corrected chi connectivity index (χ4v) is 18.5. The molecule has 12 heteroatoms. The van der Waals surface area contributed by atoms with E-state index in [-0.39, 0.29) is 41.2 Å². The minimum atomic E-state index is -0.421. The van der Waals surface area contributed by atoms with Gasteiger partial charge in [0, 0.05) is 59.3 Å². The van der Waals surface area contributed by atoms with Crippen LogP contribution in [0, 0.1) is 73.9 Å². The first-order chi connectivity index (χ1) is 38.8. The van der Waals surface area contributed by atoms with Gasteiger partial charge in [-0.2, -0.15) is 0 Å². The quantitative estimate of drug-likeness (QED) is 0.107. The van der Waals surface area contributed by atoms with E-state index in [4.69, 9.17) is 23.7 Å². The van der Waals surface area contributed by atoms with E-state index in [2.05, 4.69) is 76.2 Å². The first-order valence-corrected chi connectivity index (χ1v) is 31.3. The van der Waals surface area contributed by atoms with Gasteiger partial charge in [0.15, 0.2) is 6.29 Å². The third kappa shape index (κ3) is 12.5. The Morgan fingerprint density at radius 3 is 1.23 bits per heavy atom. The van der Waals surface area contributed by atoms with E-state index < -0.39 is 23.0 Å². The van der Waals surface area contributed by atoms with Gasteiger partial charge in [0.1, 0.15) is 17.2 Å². The first kappa shape index (κ1) is 61.4. The maximum absolute atomic E-state index is 10.5. The summed E-state index contributed by atoms with van der Waals surface area (Å²) in [5.41, 5.74) is 3.65. The van der Waals surface area contributed by atoms with Crippen LogP contribution in [0.4, 0.5) is 0 Å². The molecule has 0 spiro atoms. The zero-order valence-corrected chi connectivity index (χ0v) is 50.2. The van der Waals surface area contributed by atoms with E-state index in [9.17, 15) is 20.4 Å². The van der Waals surface area contributed by atoms with Gasteiger partial charge < -0.3 is 44.1 Å². The number of aliphatic hydroxyl groups excluding tert-OH is 4. The molecule has 0 radical (unpaired) electrons. The predicted octanol–water partition coefficient (Wildman–Crippen LogP) is 13.4. The maximum atomic E-state index is 10.5. The standard InChI is InChI=1S/C27H39NO3.2C21H31NO3/c1-19-8-9-23-26(2,22(19)13-17-29-21-11-15-28-16-12-21)14-10-24-27(23,3)18-30-25(31-24)20-6-4-5-7-20;2*1-15-4-5-18-20(2,10-6-19(24)21(18,3)14-23)17(15)9-13-25-16-7-11-22-12-8-16/h11-12,15-16,20,22-25H,1,4-10,13-14,17-18H2,2-3H3;2*7-8,11-12,17-19,23-24H,1,4-6,9-10,13-14H2,2-3H3/t22-,23?,24-,25-,26+,27+;2*17-,18?,19-,20+,21+/m111/s1. The molecule has 8 aliphatic rings. The van der Waals surface area contributed by atoms with Crippen molar-refractivity contribution in [3.63, 3.8) is 0 Å². The normalized spacial score (nSPS) is 39.3. The number of fused-ring (bicyclic) bond motifs is 5. The highest BCUT2D eigenvalue weighted by Gasteiger charge is 2.62. The zero-order valence-electron chi connectivity index (χ0n) is 50.2. The van der Waals surface area contributed by atoms with Crippen molar-refractivity contribution >= 4 is 0 Å². The molecule has 3 aromatic rings. The highest BCUT2D eigenvalue weighted by molar-refractivity contribution is 5.23. The monoisotopic (exact) mass is 1120 g/mol. The fraction of sp³-hybridized carbons (Fsp3) is 0.696. The number of rotatable bonds is 15. The van der Waals surface area contributed by atoms with Crippen LogP contribution >= 0.6 is 0 Å². The summed E-state index contributed by atoms with van der Waals surface area (Å²) in [5, 5.41) is 41.2. The van der Waals surface area contributed by atoms with E-state index in [1.54, 1.807) is 37.2 Å². The molecule has 0 aromatic carbocycles. The van der Waals surface area contributed by atoms with Crippen molar-refractivity contribution in [3.05, 3.63) is 110 Å². The lowest BCUT2D eigenvalue weighted by Crippen LogP contribution is -2.62. The second kappa shape index (κ2) is 26.0. The Balaban J connectivity index is 0.000000148. The number of aliphatic hydroxyl groups is 4. The van der Waals surface area contributed by atoms with Gasteiger partial charge in [-0.25, -0.2) is 0 Å². The van der Waals surface area contributed by atoms with Crippen LogP contribution in [0.3, 0.4) is 0 Å². The number of aromatic nitrogens is 3. The molecule has 0 amide bonds. The Morgan fingerprint density at radius 1 is 0.494 bits per heavy atom. The largest absolute Gasteiger partial charge is 0.493 e. The fourth-order valence-electron chi connectivity index (χ4n) is 18.5. The van der Waals surface area contributed by atoms with E-state index >= 15 is 0 Å². The van der Waals surface area contributed by atoms with Gasteiger partial charge in [0.25, 0.3) is 0 Å². The van der Waals surface area contributed by atoms with Gasteiger partial charge in [-0.1, -0.05) is 90.8 Å². The molecule has 3 aromatic heterocycles. The van der Waals surface area contributed by atoms with Crippen molar-refractivity contribution < 1.29 is 44.1 Å². The lowest BCUT2D eigenvalue weighted by atomic mass is 9.46. The van der Waals surface area contributed by atoms with Crippen LogP contribution in [-0.4, -0.2) is 99.6 Å². The Bertz CT molecular complexity index is 2420. The van der Waals surface area contributed by atoms with E-state index in [1.165, 1.54) is 55.2 Å². The van der Waals surface area contributed by atoms with Crippen LogP contribution in [0.5, 0.6) is 17.2 Å². The lowest BCUT2D eigenvalue weighted by Gasteiger charge is -2.63. The second-order valence-corrected chi connectivity index (χ2v) is 27.7. The number of allylic oxidation sites excluding steroid dienone is 3. The second-order valence-electron chi connectivity index (χ2n) is 27.7. The van der Waals surface area contributed by atoms with Crippen LogP contribution in [0.25, 0.3) is 0 Å². The highest BCUT2D eigenvalue weighted by Crippen LogP contribution is 2.65. The molecule has 7 aliphatic carbocycles. The van der Waals surface area contributed by atoms with Crippen molar-refractivity contribution in [2.24, 2.45) is 73.9 Å². The van der Waals surface area contributed by atoms with Crippen LogP contribution in [-0.2, 0) is 9.47 Å². The highest BCUT2D eigenvalue weighted by atomic mass is 16.7. The number of hydrogen-bond donors (Lipinski definition) is 4. The summed E-state index contributed by atoms with van der Waals surface area (Å²) in [7, 11) is 0. The van der Waals surface area contributed by atoms with Crippen molar-refractivity contribution in [3.8, 4) is 17.2 Å². The average molecular weight is 1120 g/mol. The van der Waals surface area contributed by atoms with Gasteiger partial charge in [-0.3, -0.25) is 15.0 Å². The van der Waals surface area contributed by atoms with Gasteiger partial charge >= 0.3 is 0 Å². The van der Waals surface area contributed by atoms with Gasteiger partial charge in [-0.15, -0.1) is 0 Å². The Labute approximate surface area is 486 Å². The number of nitrogens with zero attached hydrogens (tertiary/aromatic N) is 3. The number of hydrogen-bond acceptors (Lipinski definition) is 12. The SMILES string of the molecule is C=C1CCC2[C@](C)(CO)[C@H](O)CC[C@@]2(C)[C@@H]1CCOc1ccncc1.C=C1CCC2[C@](C)(CO)[C@H](O)CC[C@@]2(C)[C@@H]1CCOc1ccncc1.C=C1CCC2[C@]3(C)CO[C@@H](C4CCCC4)O[C@@H]3CC[C@@]2(C)[C@@H]1CCOc1ccncc1. The van der Waals surface area contributed by atoms with Gasteiger partial charge in [0.2, 0.25) is 0 Å². The molecule has 7 saturated carbocycles. The first-order valence-electron chi connectivity index (χ1n) is 31.3. The van der Waals surface area contributed by atoms with Crippen LogP contribution in [0.2, 0.25) is 0 Å². The van der Waals surface area contributed by atoms with Crippen molar-refractivity contribution in [1.29, 1.82) is 0 Å². The summed E-state index contributed by atoms with van der Waals surface area (Å²) in [6.07, 6.45) is 30.3. The van der Waals surface area contributed by atoms with Crippen LogP contribution < -0.4 is 14.2 Å². The Morgan fingerprint density at radius 2 is 0.852 bits per heavy atom. The summed E-state index contributed by atoms with van der Waals surface area (Å²) >= 11 is 0. The minimum Gasteiger partial charge on any atom is -0.493 e. The summed E-state index contributed by atoms with van der Waals surface area (Å²) in [5.74, 6) is 5.67. The molecule has 3 unspecified atom stereocenters. The third-order valence-corrected chi connectivity index (χ3v) is 23.3. The van der Waals surface area contributed by atoms with Gasteiger partial charge in [-0.05, 0) is 197 Å². The molecular formula is C69H101N3O9.